The Morgan fingerprint density at radius 1 is 1.12 bits per heavy atom. The SMILES string of the molecule is C[N+]1(C)CC2CCC1C2OC(=O)[C@](O)(c1ccccc1)C1CCCC1. The number of carbonyl (C=O) groups excluding carboxylic acids is 1. The molecule has 3 fully saturated rings. The van der Waals surface area contributed by atoms with Gasteiger partial charge in [-0.1, -0.05) is 43.2 Å². The van der Waals surface area contributed by atoms with Crippen LogP contribution in [-0.4, -0.2) is 48.3 Å². The van der Waals surface area contributed by atoms with Crippen LogP contribution in [0.5, 0.6) is 0 Å². The van der Waals surface area contributed by atoms with Crippen LogP contribution in [-0.2, 0) is 15.1 Å². The second-order valence-corrected chi connectivity index (χ2v) is 8.85. The largest absolute Gasteiger partial charge is 0.453 e. The molecule has 4 atom stereocenters. The summed E-state index contributed by atoms with van der Waals surface area (Å²) in [5.41, 5.74) is -0.817. The van der Waals surface area contributed by atoms with Gasteiger partial charge in [0, 0.05) is 12.3 Å². The van der Waals surface area contributed by atoms with Crippen LogP contribution in [0.2, 0.25) is 0 Å². The Kier molecular flexibility index (Phi) is 4.16. The molecule has 2 saturated carbocycles. The van der Waals surface area contributed by atoms with Crippen molar-refractivity contribution >= 4 is 5.97 Å². The van der Waals surface area contributed by atoms with Crippen molar-refractivity contribution in [1.29, 1.82) is 0 Å². The van der Waals surface area contributed by atoms with Gasteiger partial charge in [0.1, 0.15) is 6.04 Å². The fraction of sp³-hybridized carbons (Fsp3) is 0.667. The molecule has 1 saturated heterocycles. The van der Waals surface area contributed by atoms with Crippen LogP contribution < -0.4 is 0 Å². The Balaban J connectivity index is 1.61. The Morgan fingerprint density at radius 2 is 1.80 bits per heavy atom. The van der Waals surface area contributed by atoms with Crippen LogP contribution in [0, 0.1) is 11.8 Å². The van der Waals surface area contributed by atoms with Crippen LogP contribution in [0.15, 0.2) is 30.3 Å². The number of benzene rings is 1. The number of aliphatic hydroxyl groups is 1. The second kappa shape index (κ2) is 6.10. The molecule has 1 aromatic rings. The number of rotatable bonds is 4. The fourth-order valence-electron chi connectivity index (χ4n) is 5.65. The Bertz CT molecular complexity index is 638. The third kappa shape index (κ3) is 2.70. The lowest BCUT2D eigenvalue weighted by Gasteiger charge is -2.35. The monoisotopic (exact) mass is 344 g/mol. The molecule has 0 aromatic heterocycles. The Labute approximate surface area is 150 Å². The molecule has 3 aliphatic rings. The van der Waals surface area contributed by atoms with Crippen molar-refractivity contribution in [2.75, 3.05) is 20.6 Å². The molecule has 136 valence electrons. The first-order valence-electron chi connectivity index (χ1n) is 9.74. The smallest absolute Gasteiger partial charge is 0.343 e. The van der Waals surface area contributed by atoms with Crippen LogP contribution in [0.1, 0.15) is 44.1 Å². The van der Waals surface area contributed by atoms with Crippen molar-refractivity contribution in [3.63, 3.8) is 0 Å². The molecule has 2 bridgehead atoms. The molecule has 0 amide bonds. The zero-order valence-electron chi connectivity index (χ0n) is 15.4. The number of esters is 1. The van der Waals surface area contributed by atoms with Crippen LogP contribution in [0.4, 0.5) is 0 Å². The van der Waals surface area contributed by atoms with Crippen LogP contribution in [0.25, 0.3) is 0 Å². The lowest BCUT2D eigenvalue weighted by molar-refractivity contribution is -0.908. The normalized spacial score (nSPS) is 33.3. The Hall–Kier alpha value is -1.39. The van der Waals surface area contributed by atoms with Crippen molar-refractivity contribution in [3.05, 3.63) is 35.9 Å². The van der Waals surface area contributed by atoms with E-state index >= 15 is 0 Å². The van der Waals surface area contributed by atoms with E-state index in [-0.39, 0.29) is 12.0 Å². The average Bonchev–Trinajstić information content (AvgIpc) is 3.30. The number of likely N-dealkylation sites (tertiary alicyclic amines) is 1. The van der Waals surface area contributed by atoms with E-state index in [2.05, 4.69) is 14.1 Å². The van der Waals surface area contributed by atoms with Gasteiger partial charge in [-0.15, -0.1) is 0 Å². The molecular weight excluding hydrogens is 314 g/mol. The number of hydrogen-bond acceptors (Lipinski definition) is 3. The van der Waals surface area contributed by atoms with Crippen molar-refractivity contribution < 1.29 is 19.1 Å². The van der Waals surface area contributed by atoms with E-state index in [9.17, 15) is 9.90 Å². The maximum absolute atomic E-state index is 13.3. The average molecular weight is 344 g/mol. The molecule has 0 radical (unpaired) electrons. The van der Waals surface area contributed by atoms with Crippen molar-refractivity contribution in [2.24, 2.45) is 11.8 Å². The van der Waals surface area contributed by atoms with Gasteiger partial charge in [0.25, 0.3) is 0 Å². The fourth-order valence-corrected chi connectivity index (χ4v) is 5.65. The number of ether oxygens (including phenoxy) is 1. The third-order valence-corrected chi connectivity index (χ3v) is 6.99. The minimum atomic E-state index is -1.50. The molecule has 2 aliphatic carbocycles. The van der Waals surface area contributed by atoms with Crippen molar-refractivity contribution in [2.45, 2.75) is 56.3 Å². The summed E-state index contributed by atoms with van der Waals surface area (Å²) in [4.78, 5) is 13.3. The number of piperidine rings is 1. The summed E-state index contributed by atoms with van der Waals surface area (Å²) in [6, 6.07) is 9.80. The maximum atomic E-state index is 13.3. The topological polar surface area (TPSA) is 46.5 Å². The molecule has 1 aromatic carbocycles. The lowest BCUT2D eigenvalue weighted by Crippen LogP contribution is -2.50. The van der Waals surface area contributed by atoms with Gasteiger partial charge in [-0.3, -0.25) is 0 Å². The highest BCUT2D eigenvalue weighted by Crippen LogP contribution is 2.46. The van der Waals surface area contributed by atoms with E-state index in [1.165, 1.54) is 0 Å². The zero-order chi connectivity index (χ0) is 17.7. The van der Waals surface area contributed by atoms with E-state index in [0.717, 1.165) is 49.6 Å². The third-order valence-electron chi connectivity index (χ3n) is 6.99. The first-order chi connectivity index (χ1) is 11.9. The minimum Gasteiger partial charge on any atom is -0.453 e. The summed E-state index contributed by atoms with van der Waals surface area (Å²) >= 11 is 0. The van der Waals surface area contributed by atoms with Crippen LogP contribution >= 0.6 is 0 Å². The predicted molar refractivity (Wildman–Crippen MR) is 95.7 cm³/mol. The van der Waals surface area contributed by atoms with E-state index in [4.69, 9.17) is 4.74 Å². The highest BCUT2D eigenvalue weighted by atomic mass is 16.6. The van der Waals surface area contributed by atoms with Gasteiger partial charge in [0.15, 0.2) is 11.7 Å². The summed E-state index contributed by atoms with van der Waals surface area (Å²) in [7, 11) is 4.45. The van der Waals surface area contributed by atoms with Gasteiger partial charge in [-0.2, -0.15) is 0 Å². The van der Waals surface area contributed by atoms with Gasteiger partial charge < -0.3 is 14.3 Å². The number of carbonyl (C=O) groups is 1. The number of likely N-dealkylation sites (N-methyl/N-ethyl adjacent to an activating group) is 1. The first-order valence-corrected chi connectivity index (χ1v) is 9.74. The highest BCUT2D eigenvalue weighted by molar-refractivity contribution is 5.82. The van der Waals surface area contributed by atoms with E-state index < -0.39 is 11.6 Å². The molecule has 25 heavy (non-hydrogen) atoms. The van der Waals surface area contributed by atoms with Crippen LogP contribution in [0.3, 0.4) is 0 Å². The molecule has 4 nitrogen and oxygen atoms in total. The van der Waals surface area contributed by atoms with Gasteiger partial charge in [0.2, 0.25) is 0 Å². The summed E-state index contributed by atoms with van der Waals surface area (Å²) < 4.78 is 6.99. The van der Waals surface area contributed by atoms with Gasteiger partial charge in [-0.25, -0.2) is 4.79 Å². The number of quaternary nitrogens is 1. The van der Waals surface area contributed by atoms with E-state index in [1.54, 1.807) is 0 Å². The van der Waals surface area contributed by atoms with E-state index in [0.29, 0.717) is 17.5 Å². The summed E-state index contributed by atoms with van der Waals surface area (Å²) in [5.74, 6) is -0.0223. The molecule has 1 heterocycles. The molecule has 1 N–H and O–H groups in total. The van der Waals surface area contributed by atoms with Crippen molar-refractivity contribution in [3.8, 4) is 0 Å². The molecule has 4 heteroatoms. The van der Waals surface area contributed by atoms with E-state index in [1.807, 2.05) is 30.3 Å². The first kappa shape index (κ1) is 17.0. The molecular formula is C21H30NO3+. The predicted octanol–water partition coefficient (Wildman–Crippen LogP) is 2.84. The maximum Gasteiger partial charge on any atom is 0.343 e. The lowest BCUT2D eigenvalue weighted by atomic mass is 9.80. The standard InChI is InChI=1S/C21H30NO3/c1-22(2)14-15-12-13-18(22)19(15)25-20(23)21(24,17-10-6-7-11-17)16-8-4-3-5-9-16/h3-5,8-9,15,17-19,24H,6-7,10-14H2,1-2H3/q+1/t15?,18?,19?,21-/m0/s1. The highest BCUT2D eigenvalue weighted by Gasteiger charge is 2.58. The zero-order valence-corrected chi connectivity index (χ0v) is 15.4. The molecule has 4 rings (SSSR count). The number of hydrogen-bond donors (Lipinski definition) is 1. The van der Waals surface area contributed by atoms with Gasteiger partial charge in [0.05, 0.1) is 26.6 Å². The number of nitrogens with zero attached hydrogens (tertiary/aromatic N) is 1. The van der Waals surface area contributed by atoms with Gasteiger partial charge in [-0.05, 0) is 24.8 Å². The second-order valence-electron chi connectivity index (χ2n) is 8.85. The molecule has 3 unspecified atom stereocenters. The molecule has 0 spiro atoms. The van der Waals surface area contributed by atoms with Gasteiger partial charge >= 0.3 is 5.97 Å². The Morgan fingerprint density at radius 3 is 2.36 bits per heavy atom. The summed E-state index contributed by atoms with van der Waals surface area (Å²) in [6.45, 7) is 1.07. The van der Waals surface area contributed by atoms with Crippen molar-refractivity contribution in [1.82, 2.24) is 0 Å². The quantitative estimate of drug-likeness (QED) is 0.675. The number of fused-ring (bicyclic) bond motifs is 2. The summed E-state index contributed by atoms with van der Waals surface area (Å²) in [5, 5.41) is 11.6. The summed E-state index contributed by atoms with van der Waals surface area (Å²) in [6.07, 6.45) is 6.13. The molecule has 1 aliphatic heterocycles. The minimum absolute atomic E-state index is 0.0380.